The second-order valence-corrected chi connectivity index (χ2v) is 7.51. The molecule has 3 rings (SSSR count). The number of aryl methyl sites for hydroxylation is 1. The molecule has 1 atom stereocenters. The van der Waals surface area contributed by atoms with E-state index in [1.54, 1.807) is 0 Å². The molecule has 30 heavy (non-hydrogen) atoms. The molecule has 0 radical (unpaired) electrons. The van der Waals surface area contributed by atoms with Crippen LogP contribution in [0.2, 0.25) is 0 Å². The first-order chi connectivity index (χ1) is 14.3. The minimum absolute atomic E-state index is 0.000785. The summed E-state index contributed by atoms with van der Waals surface area (Å²) in [4.78, 5) is 39.1. The van der Waals surface area contributed by atoms with Crippen molar-refractivity contribution in [3.8, 4) is 0 Å². The highest BCUT2D eigenvalue weighted by Gasteiger charge is 2.19. The van der Waals surface area contributed by atoms with Gasteiger partial charge in [-0.1, -0.05) is 36.0 Å². The monoisotopic (exact) mass is 425 g/mol. The molecule has 0 fully saturated rings. The van der Waals surface area contributed by atoms with E-state index in [4.69, 9.17) is 4.74 Å². The van der Waals surface area contributed by atoms with Crippen LogP contribution in [-0.2, 0) is 14.3 Å². The molecular weight excluding hydrogens is 406 g/mol. The van der Waals surface area contributed by atoms with Crippen molar-refractivity contribution in [3.05, 3.63) is 70.3 Å². The lowest BCUT2D eigenvalue weighted by molar-refractivity contribution is -0.384. The number of amides is 1. The molecule has 0 saturated carbocycles. The van der Waals surface area contributed by atoms with Gasteiger partial charge in [-0.2, -0.15) is 0 Å². The first-order valence-corrected chi connectivity index (χ1v) is 10.1. The number of pyridine rings is 1. The van der Waals surface area contributed by atoms with E-state index in [-0.39, 0.29) is 17.1 Å². The number of esters is 1. The summed E-state index contributed by atoms with van der Waals surface area (Å²) in [5, 5.41) is 15.1. The Balaban J connectivity index is 1.55. The fourth-order valence-electron chi connectivity index (χ4n) is 2.75. The van der Waals surface area contributed by atoms with E-state index in [1.165, 1.54) is 43.0 Å². The van der Waals surface area contributed by atoms with Crippen molar-refractivity contribution in [3.63, 3.8) is 0 Å². The number of rotatable bonds is 7. The molecule has 0 aliphatic heterocycles. The van der Waals surface area contributed by atoms with Gasteiger partial charge >= 0.3 is 5.97 Å². The zero-order valence-corrected chi connectivity index (χ0v) is 17.1. The minimum Gasteiger partial charge on any atom is -0.452 e. The van der Waals surface area contributed by atoms with Gasteiger partial charge in [-0.05, 0) is 37.6 Å². The number of para-hydroxylation sites is 1. The molecule has 2 aromatic carbocycles. The summed E-state index contributed by atoms with van der Waals surface area (Å²) in [5.41, 5.74) is 2.01. The van der Waals surface area contributed by atoms with Crippen LogP contribution in [-0.4, -0.2) is 33.6 Å². The zero-order valence-electron chi connectivity index (χ0n) is 16.3. The topological polar surface area (TPSA) is 111 Å². The first-order valence-electron chi connectivity index (χ1n) is 9.07. The number of hydrogen-bond acceptors (Lipinski definition) is 7. The molecule has 9 heteroatoms. The molecule has 1 heterocycles. The second kappa shape index (κ2) is 9.36. The van der Waals surface area contributed by atoms with Crippen LogP contribution in [0.1, 0.15) is 12.5 Å². The van der Waals surface area contributed by atoms with Crippen LogP contribution < -0.4 is 5.32 Å². The summed E-state index contributed by atoms with van der Waals surface area (Å²) >= 11 is 1.23. The summed E-state index contributed by atoms with van der Waals surface area (Å²) in [6.07, 6.45) is -1.05. The second-order valence-electron chi connectivity index (χ2n) is 6.51. The van der Waals surface area contributed by atoms with Crippen molar-refractivity contribution in [1.82, 2.24) is 4.98 Å². The molecule has 0 spiro atoms. The van der Waals surface area contributed by atoms with E-state index in [2.05, 4.69) is 10.3 Å². The smallest absolute Gasteiger partial charge is 0.317 e. The SMILES string of the molecule is Cc1cc(SCC(=O)O[C@H](C)C(=O)Nc2cccc([N+](=O)[O-])c2)nc2ccccc12. The van der Waals surface area contributed by atoms with Crippen molar-refractivity contribution in [1.29, 1.82) is 0 Å². The molecule has 1 amide bonds. The Labute approximate surface area is 176 Å². The van der Waals surface area contributed by atoms with Crippen molar-refractivity contribution >= 4 is 45.9 Å². The number of fused-ring (bicyclic) bond motifs is 1. The van der Waals surface area contributed by atoms with Gasteiger partial charge in [-0.3, -0.25) is 19.7 Å². The number of nitrogens with one attached hydrogen (secondary N) is 1. The Morgan fingerprint density at radius 2 is 1.97 bits per heavy atom. The number of carbonyl (C=O) groups is 2. The van der Waals surface area contributed by atoms with Crippen LogP contribution in [0.4, 0.5) is 11.4 Å². The third-order valence-corrected chi connectivity index (χ3v) is 5.12. The summed E-state index contributed by atoms with van der Waals surface area (Å²) in [5.74, 6) is -1.14. The normalized spacial score (nSPS) is 11.7. The van der Waals surface area contributed by atoms with Crippen molar-refractivity contribution in [2.75, 3.05) is 11.1 Å². The number of nitrogens with zero attached hydrogens (tertiary/aromatic N) is 2. The largest absolute Gasteiger partial charge is 0.452 e. The standard InChI is InChI=1S/C21H19N3O5S/c1-13-10-19(23-18-9-4-3-8-17(13)18)30-12-20(25)29-14(2)21(26)22-15-6-5-7-16(11-15)24(27)28/h3-11,14H,12H2,1-2H3,(H,22,26)/t14-/m1/s1. The lowest BCUT2D eigenvalue weighted by Gasteiger charge is -2.13. The molecule has 0 aliphatic rings. The molecule has 3 aromatic rings. The summed E-state index contributed by atoms with van der Waals surface area (Å²) < 4.78 is 5.17. The van der Waals surface area contributed by atoms with Gasteiger partial charge in [0.05, 0.1) is 21.2 Å². The van der Waals surface area contributed by atoms with Crippen LogP contribution in [0.3, 0.4) is 0 Å². The molecule has 8 nitrogen and oxygen atoms in total. The maximum absolute atomic E-state index is 12.2. The predicted octanol–water partition coefficient (Wildman–Crippen LogP) is 4.11. The third kappa shape index (κ3) is 5.32. The number of benzene rings is 2. The Morgan fingerprint density at radius 1 is 1.20 bits per heavy atom. The Hall–Kier alpha value is -3.46. The highest BCUT2D eigenvalue weighted by atomic mass is 32.2. The first kappa shape index (κ1) is 21.3. The van der Waals surface area contributed by atoms with Crippen LogP contribution in [0.5, 0.6) is 0 Å². The summed E-state index contributed by atoms with van der Waals surface area (Å²) in [6, 6.07) is 15.2. The Bertz CT molecular complexity index is 1120. The predicted molar refractivity (Wildman–Crippen MR) is 114 cm³/mol. The van der Waals surface area contributed by atoms with Gasteiger partial charge < -0.3 is 10.1 Å². The van der Waals surface area contributed by atoms with E-state index < -0.39 is 22.9 Å². The van der Waals surface area contributed by atoms with Crippen LogP contribution >= 0.6 is 11.8 Å². The average molecular weight is 425 g/mol. The molecule has 1 aromatic heterocycles. The number of carbonyl (C=O) groups excluding carboxylic acids is 2. The van der Waals surface area contributed by atoms with E-state index in [0.717, 1.165) is 16.5 Å². The van der Waals surface area contributed by atoms with Gasteiger partial charge in [0, 0.05) is 23.2 Å². The van der Waals surface area contributed by atoms with Crippen molar-refractivity contribution in [2.45, 2.75) is 25.0 Å². The van der Waals surface area contributed by atoms with Gasteiger partial charge in [0.15, 0.2) is 6.10 Å². The number of nitro groups is 1. The van der Waals surface area contributed by atoms with E-state index in [1.807, 2.05) is 37.3 Å². The Kier molecular flexibility index (Phi) is 6.63. The number of non-ortho nitro benzene ring substituents is 1. The number of thioether (sulfide) groups is 1. The molecule has 0 aliphatic carbocycles. The molecular formula is C21H19N3O5S. The molecule has 0 saturated heterocycles. The van der Waals surface area contributed by atoms with Crippen LogP contribution in [0, 0.1) is 17.0 Å². The van der Waals surface area contributed by atoms with Crippen LogP contribution in [0.25, 0.3) is 10.9 Å². The zero-order chi connectivity index (χ0) is 21.7. The number of nitro benzene ring substituents is 1. The van der Waals surface area contributed by atoms with E-state index in [0.29, 0.717) is 5.03 Å². The quantitative estimate of drug-likeness (QED) is 0.262. The Morgan fingerprint density at radius 3 is 2.73 bits per heavy atom. The lowest BCUT2D eigenvalue weighted by atomic mass is 10.1. The van der Waals surface area contributed by atoms with E-state index in [9.17, 15) is 19.7 Å². The number of ether oxygens (including phenoxy) is 1. The maximum Gasteiger partial charge on any atom is 0.317 e. The molecule has 0 bridgehead atoms. The molecule has 0 unspecified atom stereocenters. The third-order valence-electron chi connectivity index (χ3n) is 4.24. The van der Waals surface area contributed by atoms with Gasteiger partial charge in [0.1, 0.15) is 0 Å². The van der Waals surface area contributed by atoms with Crippen LogP contribution in [0.15, 0.2) is 59.6 Å². The highest BCUT2D eigenvalue weighted by molar-refractivity contribution is 7.99. The van der Waals surface area contributed by atoms with Gasteiger partial charge in [0.2, 0.25) is 0 Å². The average Bonchev–Trinajstić information content (AvgIpc) is 2.72. The number of aromatic nitrogens is 1. The fourth-order valence-corrected chi connectivity index (χ4v) is 3.51. The van der Waals surface area contributed by atoms with E-state index >= 15 is 0 Å². The number of anilines is 1. The molecule has 154 valence electrons. The highest BCUT2D eigenvalue weighted by Crippen LogP contribution is 2.24. The maximum atomic E-state index is 12.2. The van der Waals surface area contributed by atoms with Gasteiger partial charge in [-0.15, -0.1) is 0 Å². The lowest BCUT2D eigenvalue weighted by Crippen LogP contribution is -2.30. The fraction of sp³-hybridized carbons (Fsp3) is 0.190. The minimum atomic E-state index is -1.05. The van der Waals surface area contributed by atoms with Crippen molar-refractivity contribution in [2.24, 2.45) is 0 Å². The summed E-state index contributed by atoms with van der Waals surface area (Å²) in [6.45, 7) is 3.42. The van der Waals surface area contributed by atoms with Gasteiger partial charge in [0.25, 0.3) is 11.6 Å². The van der Waals surface area contributed by atoms with Crippen molar-refractivity contribution < 1.29 is 19.2 Å². The summed E-state index contributed by atoms with van der Waals surface area (Å²) in [7, 11) is 0. The molecule has 1 N–H and O–H groups in total. The number of hydrogen-bond donors (Lipinski definition) is 1. The van der Waals surface area contributed by atoms with Gasteiger partial charge in [-0.25, -0.2) is 4.98 Å².